The van der Waals surface area contributed by atoms with E-state index in [9.17, 15) is 0 Å². The monoisotopic (exact) mass is 247 g/mol. The summed E-state index contributed by atoms with van der Waals surface area (Å²) in [6, 6.07) is 0. The van der Waals surface area contributed by atoms with E-state index in [1.807, 2.05) is 26.0 Å². The van der Waals surface area contributed by atoms with Crippen LogP contribution in [0.5, 0.6) is 0 Å². The first-order chi connectivity index (χ1) is 7.65. The largest absolute Gasteiger partial charge is 0.312 e. The first-order valence-corrected chi connectivity index (χ1v) is 5.92. The van der Waals surface area contributed by atoms with Crippen LogP contribution in [0.4, 0.5) is 0 Å². The van der Waals surface area contributed by atoms with Crippen LogP contribution in [0.2, 0.25) is 0 Å². The minimum absolute atomic E-state index is 1.03. The molecule has 0 unspecified atom stereocenters. The maximum Gasteiger partial charge on any atom is 0.0523 e. The Morgan fingerprint density at radius 1 is 0.706 bits per heavy atom. The highest BCUT2D eigenvalue weighted by Crippen LogP contribution is 1.98. The Morgan fingerprint density at radius 2 is 0.941 bits per heavy atom. The zero-order valence-corrected chi connectivity index (χ0v) is 13.4. The molecule has 0 spiro atoms. The first kappa shape index (κ1) is 19.1. The number of hydrogen-bond donors (Lipinski definition) is 0. The lowest BCUT2D eigenvalue weighted by Crippen LogP contribution is -2.50. The van der Waals surface area contributed by atoms with E-state index in [0.717, 1.165) is 20.0 Å². The molecule has 1 aliphatic heterocycles. The minimum atomic E-state index is 1.03. The Bertz CT molecular complexity index is 138. The Balaban J connectivity index is 0. The molecule has 1 rings (SSSR count). The van der Waals surface area contributed by atoms with Crippen molar-refractivity contribution in [1.82, 2.24) is 24.5 Å². The lowest BCUT2D eigenvalue weighted by molar-refractivity contribution is 0.0149. The van der Waals surface area contributed by atoms with Crippen LogP contribution in [0.1, 0.15) is 0 Å². The second-order valence-electron chi connectivity index (χ2n) is 5.64. The minimum Gasteiger partial charge on any atom is -0.312 e. The molecule has 0 bridgehead atoms. The highest BCUT2D eigenvalue weighted by Gasteiger charge is 2.12. The lowest BCUT2D eigenvalue weighted by atomic mass is 10.6. The summed E-state index contributed by atoms with van der Waals surface area (Å²) in [7, 11) is 18.4. The van der Waals surface area contributed by atoms with Crippen LogP contribution >= 0.6 is 0 Å². The molecule has 0 aromatic rings. The van der Waals surface area contributed by atoms with E-state index in [-0.39, 0.29) is 0 Å². The van der Waals surface area contributed by atoms with E-state index < -0.39 is 0 Å². The fourth-order valence-electron chi connectivity index (χ4n) is 1.35. The van der Waals surface area contributed by atoms with Gasteiger partial charge < -0.3 is 4.90 Å². The van der Waals surface area contributed by atoms with Crippen molar-refractivity contribution in [3.05, 3.63) is 0 Å². The van der Waals surface area contributed by atoms with Crippen molar-refractivity contribution in [2.45, 2.75) is 0 Å². The average Bonchev–Trinajstić information content (AvgIpc) is 1.98. The maximum atomic E-state index is 2.25. The predicted molar refractivity (Wildman–Crippen MR) is 77.1 cm³/mol. The molecule has 0 aromatic heterocycles. The molecule has 0 aromatic carbocycles. The van der Waals surface area contributed by atoms with Gasteiger partial charge in [0.05, 0.1) is 13.3 Å². The van der Waals surface area contributed by atoms with Gasteiger partial charge in [0, 0.05) is 6.67 Å². The van der Waals surface area contributed by atoms with E-state index in [1.54, 1.807) is 0 Å². The Kier molecular flexibility index (Phi) is 12.3. The summed E-state index contributed by atoms with van der Waals surface area (Å²) < 4.78 is 0. The molecule has 1 aliphatic rings. The fraction of sp³-hybridized carbons (Fsp3) is 1.00. The van der Waals surface area contributed by atoms with Crippen molar-refractivity contribution in [2.75, 3.05) is 83.4 Å². The van der Waals surface area contributed by atoms with E-state index in [2.05, 4.69) is 61.9 Å². The predicted octanol–water partition coefficient (Wildman–Crippen LogP) is 0.0235. The van der Waals surface area contributed by atoms with Gasteiger partial charge in [-0.05, 0) is 63.4 Å². The van der Waals surface area contributed by atoms with Crippen molar-refractivity contribution in [1.29, 1.82) is 0 Å². The molecule has 0 atom stereocenters. The summed E-state index contributed by atoms with van der Waals surface area (Å²) in [5, 5.41) is 0. The van der Waals surface area contributed by atoms with Gasteiger partial charge in [-0.2, -0.15) is 0 Å². The molecule has 0 radical (unpaired) electrons. The number of rotatable bonds is 2. The van der Waals surface area contributed by atoms with Gasteiger partial charge in [-0.25, -0.2) is 0 Å². The first-order valence-electron chi connectivity index (χ1n) is 5.92. The quantitative estimate of drug-likeness (QED) is 0.638. The molecule has 1 fully saturated rings. The van der Waals surface area contributed by atoms with Gasteiger partial charge >= 0.3 is 0 Å². The van der Waals surface area contributed by atoms with Crippen LogP contribution in [0, 0.1) is 0 Å². The van der Waals surface area contributed by atoms with Crippen molar-refractivity contribution >= 4 is 0 Å². The van der Waals surface area contributed by atoms with E-state index in [1.165, 1.54) is 0 Å². The van der Waals surface area contributed by atoms with Crippen LogP contribution < -0.4 is 0 Å². The molecule has 0 N–H and O–H groups in total. The SMILES string of the molecule is CN(C)C.CN(C)CN(C)C.CN1CN(C)C1. The van der Waals surface area contributed by atoms with Crippen LogP contribution in [-0.4, -0.2) is 108 Å². The standard InChI is InChI=1S/C5H14N2.C4H10N2.C3H9N/c1-6(2)5-7(3)4;1-5-3-6(2)4-5;1-4(2)3/h5H2,1-4H3;3-4H2,1-2H3;1-3H3. The Morgan fingerprint density at radius 3 is 0.941 bits per heavy atom. The van der Waals surface area contributed by atoms with Gasteiger partial charge in [0.15, 0.2) is 0 Å². The zero-order valence-electron chi connectivity index (χ0n) is 13.4. The summed E-state index contributed by atoms with van der Waals surface area (Å²) in [4.78, 5) is 10.8. The normalized spacial score (nSPS) is 16.2. The van der Waals surface area contributed by atoms with Crippen molar-refractivity contribution < 1.29 is 0 Å². The van der Waals surface area contributed by atoms with Crippen molar-refractivity contribution in [3.8, 4) is 0 Å². The Hall–Kier alpha value is -0.200. The second-order valence-corrected chi connectivity index (χ2v) is 5.64. The number of hydrogen-bond acceptors (Lipinski definition) is 5. The topological polar surface area (TPSA) is 16.2 Å². The molecule has 1 saturated heterocycles. The third-order valence-corrected chi connectivity index (χ3v) is 1.53. The van der Waals surface area contributed by atoms with Gasteiger partial charge in [-0.1, -0.05) is 0 Å². The maximum absolute atomic E-state index is 2.25. The molecule has 17 heavy (non-hydrogen) atoms. The van der Waals surface area contributed by atoms with E-state index in [4.69, 9.17) is 0 Å². The number of nitrogens with zero attached hydrogens (tertiary/aromatic N) is 5. The summed E-state index contributed by atoms with van der Waals surface area (Å²) in [5.74, 6) is 0. The molecule has 0 amide bonds. The molecule has 0 saturated carbocycles. The lowest BCUT2D eigenvalue weighted by Gasteiger charge is -2.36. The molecule has 106 valence electrons. The van der Waals surface area contributed by atoms with Gasteiger partial charge in [0.1, 0.15) is 0 Å². The van der Waals surface area contributed by atoms with Crippen molar-refractivity contribution in [3.63, 3.8) is 0 Å². The second kappa shape index (κ2) is 10.9. The molecule has 0 aliphatic carbocycles. The van der Waals surface area contributed by atoms with Gasteiger partial charge in [0.2, 0.25) is 0 Å². The fourth-order valence-corrected chi connectivity index (χ4v) is 1.35. The average molecular weight is 247 g/mol. The zero-order chi connectivity index (χ0) is 14.0. The van der Waals surface area contributed by atoms with Crippen LogP contribution in [-0.2, 0) is 0 Å². The highest BCUT2D eigenvalue weighted by molar-refractivity contribution is 4.58. The van der Waals surface area contributed by atoms with Crippen LogP contribution in [0.15, 0.2) is 0 Å². The molecular formula is C12H33N5. The molecular weight excluding hydrogens is 214 g/mol. The third-order valence-electron chi connectivity index (χ3n) is 1.53. The molecule has 5 nitrogen and oxygen atoms in total. The van der Waals surface area contributed by atoms with Gasteiger partial charge in [-0.15, -0.1) is 0 Å². The molecule has 1 heterocycles. The van der Waals surface area contributed by atoms with Crippen molar-refractivity contribution in [2.24, 2.45) is 0 Å². The molecule has 5 heteroatoms. The summed E-state index contributed by atoms with van der Waals surface area (Å²) >= 11 is 0. The van der Waals surface area contributed by atoms with Crippen LogP contribution in [0.3, 0.4) is 0 Å². The summed E-state index contributed by atoms with van der Waals surface area (Å²) in [5.41, 5.74) is 0. The highest BCUT2D eigenvalue weighted by atomic mass is 15.5. The van der Waals surface area contributed by atoms with E-state index in [0.29, 0.717) is 0 Å². The van der Waals surface area contributed by atoms with Gasteiger partial charge in [0.25, 0.3) is 0 Å². The van der Waals surface area contributed by atoms with Gasteiger partial charge in [-0.3, -0.25) is 19.6 Å². The van der Waals surface area contributed by atoms with Crippen LogP contribution in [0.25, 0.3) is 0 Å². The summed E-state index contributed by atoms with van der Waals surface area (Å²) in [6.45, 7) is 3.31. The van der Waals surface area contributed by atoms with E-state index >= 15 is 0 Å². The smallest absolute Gasteiger partial charge is 0.0523 e. The third kappa shape index (κ3) is 21.6. The summed E-state index contributed by atoms with van der Waals surface area (Å²) in [6.07, 6.45) is 0. The Labute approximate surface area is 109 Å².